The van der Waals surface area contributed by atoms with Gasteiger partial charge in [0.15, 0.2) is 11.5 Å². The number of aromatic nitrogens is 4. The Morgan fingerprint density at radius 2 is 1.91 bits per heavy atom. The van der Waals surface area contributed by atoms with Crippen molar-refractivity contribution in [1.82, 2.24) is 30.0 Å². The molecule has 180 valence electrons. The van der Waals surface area contributed by atoms with E-state index in [1.54, 1.807) is 35.5 Å². The van der Waals surface area contributed by atoms with Crippen molar-refractivity contribution >= 4 is 17.5 Å². The lowest BCUT2D eigenvalue weighted by Gasteiger charge is -2.37. The van der Waals surface area contributed by atoms with E-state index in [-0.39, 0.29) is 17.5 Å². The number of carbonyl (C=O) groups excluding carboxylic acids is 1. The van der Waals surface area contributed by atoms with Crippen molar-refractivity contribution < 1.29 is 18.0 Å². The molecule has 4 rings (SSSR count). The van der Waals surface area contributed by atoms with Crippen molar-refractivity contribution in [3.63, 3.8) is 0 Å². The van der Waals surface area contributed by atoms with Gasteiger partial charge in [-0.05, 0) is 42.8 Å². The van der Waals surface area contributed by atoms with Gasteiger partial charge >= 0.3 is 12.2 Å². The van der Waals surface area contributed by atoms with Gasteiger partial charge in [0, 0.05) is 57.9 Å². The van der Waals surface area contributed by atoms with Gasteiger partial charge in [-0.3, -0.25) is 10.2 Å². The van der Waals surface area contributed by atoms with Gasteiger partial charge in [0.1, 0.15) is 5.82 Å². The van der Waals surface area contributed by atoms with Crippen LogP contribution in [0.4, 0.5) is 29.5 Å². The topological polar surface area (TPSA) is 91.2 Å². The third-order valence-corrected chi connectivity index (χ3v) is 5.39. The van der Waals surface area contributed by atoms with Crippen LogP contribution in [0.1, 0.15) is 18.2 Å². The molecule has 34 heavy (non-hydrogen) atoms. The minimum atomic E-state index is -4.58. The number of nitrogens with zero attached hydrogens (tertiary/aromatic N) is 6. The second-order valence-corrected chi connectivity index (χ2v) is 7.78. The summed E-state index contributed by atoms with van der Waals surface area (Å²) in [4.78, 5) is 23.6. The molecule has 0 aliphatic carbocycles. The van der Waals surface area contributed by atoms with Crippen LogP contribution in [0.5, 0.6) is 0 Å². The number of hydrogen-bond acceptors (Lipinski definition) is 6. The van der Waals surface area contributed by atoms with Gasteiger partial charge in [-0.15, -0.1) is 0 Å². The number of anilines is 2. The fourth-order valence-corrected chi connectivity index (χ4v) is 3.80. The molecule has 12 heteroatoms. The van der Waals surface area contributed by atoms with E-state index >= 15 is 0 Å². The SMILES string of the molecule is CCNC(=O)Nc1cc(CN2CCN(c3ccc(-n4cccn4)nc3C(F)(F)F)CC2)ccn1. The first-order valence-corrected chi connectivity index (χ1v) is 10.9. The molecule has 1 saturated heterocycles. The van der Waals surface area contributed by atoms with Gasteiger partial charge < -0.3 is 10.2 Å². The number of halogens is 3. The Hall–Kier alpha value is -3.67. The van der Waals surface area contributed by atoms with Crippen molar-refractivity contribution in [1.29, 1.82) is 0 Å². The largest absolute Gasteiger partial charge is 0.435 e. The van der Waals surface area contributed by atoms with Crippen LogP contribution in [-0.2, 0) is 12.7 Å². The van der Waals surface area contributed by atoms with Crippen molar-refractivity contribution in [3.8, 4) is 5.82 Å². The van der Waals surface area contributed by atoms with E-state index < -0.39 is 11.9 Å². The molecule has 0 unspecified atom stereocenters. The molecule has 1 aliphatic heterocycles. The molecule has 9 nitrogen and oxygen atoms in total. The summed E-state index contributed by atoms with van der Waals surface area (Å²) in [6.45, 7) is 4.96. The monoisotopic (exact) mass is 474 g/mol. The second kappa shape index (κ2) is 10.1. The Morgan fingerprint density at radius 1 is 1.12 bits per heavy atom. The van der Waals surface area contributed by atoms with Gasteiger partial charge in [0.25, 0.3) is 0 Å². The molecule has 0 bridgehead atoms. The number of pyridine rings is 2. The zero-order chi connectivity index (χ0) is 24.1. The van der Waals surface area contributed by atoms with E-state index in [0.29, 0.717) is 45.1 Å². The summed E-state index contributed by atoms with van der Waals surface area (Å²) >= 11 is 0. The lowest BCUT2D eigenvalue weighted by molar-refractivity contribution is -0.140. The standard InChI is InChI=1S/C22H25F3N8O/c1-2-26-21(34)29-18-14-16(6-8-27-18)15-31-10-12-32(13-11-31)17-4-5-19(33-9-3-7-28-33)30-20(17)22(23,24)25/h3-9,14H,2,10-13,15H2,1H3,(H2,26,27,29,34). The Labute approximate surface area is 194 Å². The molecule has 0 aromatic carbocycles. The maximum absolute atomic E-state index is 13.8. The van der Waals surface area contributed by atoms with Crippen LogP contribution in [0.25, 0.3) is 5.82 Å². The highest BCUT2D eigenvalue weighted by Gasteiger charge is 2.38. The van der Waals surface area contributed by atoms with Crippen molar-refractivity contribution in [2.24, 2.45) is 0 Å². The van der Waals surface area contributed by atoms with Gasteiger partial charge in [0.2, 0.25) is 0 Å². The smallest absolute Gasteiger partial charge is 0.367 e. The summed E-state index contributed by atoms with van der Waals surface area (Å²) in [6.07, 6.45) is 0.0801. The van der Waals surface area contributed by atoms with Gasteiger partial charge in [-0.1, -0.05) is 0 Å². The molecule has 4 heterocycles. The van der Waals surface area contributed by atoms with Crippen LogP contribution in [0.2, 0.25) is 0 Å². The summed E-state index contributed by atoms with van der Waals surface area (Å²) in [5.41, 5.74) is 0.112. The highest BCUT2D eigenvalue weighted by atomic mass is 19.4. The van der Waals surface area contributed by atoms with E-state index in [1.165, 1.54) is 16.9 Å². The number of carbonyl (C=O) groups is 1. The molecule has 2 amide bonds. The number of urea groups is 1. The summed E-state index contributed by atoms with van der Waals surface area (Å²) in [5, 5.41) is 9.29. The average molecular weight is 474 g/mol. The third kappa shape index (κ3) is 5.63. The molecular formula is C22H25F3N8O. The third-order valence-electron chi connectivity index (χ3n) is 5.39. The average Bonchev–Trinajstić information content (AvgIpc) is 3.34. The first-order valence-electron chi connectivity index (χ1n) is 10.9. The van der Waals surface area contributed by atoms with Crippen LogP contribution in [0, 0.1) is 0 Å². The maximum Gasteiger partial charge on any atom is 0.435 e. The Morgan fingerprint density at radius 3 is 2.59 bits per heavy atom. The quantitative estimate of drug-likeness (QED) is 0.571. The Kier molecular flexibility index (Phi) is 6.96. The van der Waals surface area contributed by atoms with E-state index in [2.05, 4.69) is 30.6 Å². The van der Waals surface area contributed by atoms with E-state index in [1.807, 2.05) is 13.0 Å². The molecular weight excluding hydrogens is 449 g/mol. The van der Waals surface area contributed by atoms with Crippen LogP contribution in [0.15, 0.2) is 48.9 Å². The molecule has 0 atom stereocenters. The van der Waals surface area contributed by atoms with Gasteiger partial charge in [-0.25, -0.2) is 19.4 Å². The predicted octanol–water partition coefficient (Wildman–Crippen LogP) is 3.14. The van der Waals surface area contributed by atoms with Crippen LogP contribution >= 0.6 is 0 Å². The fraction of sp³-hybridized carbons (Fsp3) is 0.364. The minimum absolute atomic E-state index is 0.0698. The fourth-order valence-electron chi connectivity index (χ4n) is 3.80. The van der Waals surface area contributed by atoms with Gasteiger partial charge in [0.05, 0.1) is 5.69 Å². The van der Waals surface area contributed by atoms with Crippen LogP contribution in [0.3, 0.4) is 0 Å². The highest BCUT2D eigenvalue weighted by molar-refractivity contribution is 5.88. The Bertz CT molecular complexity index is 1110. The summed E-state index contributed by atoms with van der Waals surface area (Å²) in [5.74, 6) is 0.565. The molecule has 3 aromatic rings. The summed E-state index contributed by atoms with van der Waals surface area (Å²) in [7, 11) is 0. The lowest BCUT2D eigenvalue weighted by atomic mass is 10.2. The zero-order valence-electron chi connectivity index (χ0n) is 18.6. The summed E-state index contributed by atoms with van der Waals surface area (Å²) < 4.78 is 42.7. The number of alkyl halides is 3. The number of nitrogens with one attached hydrogen (secondary N) is 2. The molecule has 1 fully saturated rings. The maximum atomic E-state index is 13.8. The van der Waals surface area contributed by atoms with Gasteiger partial charge in [-0.2, -0.15) is 18.3 Å². The predicted molar refractivity (Wildman–Crippen MR) is 121 cm³/mol. The van der Waals surface area contributed by atoms with Crippen LogP contribution in [-0.4, -0.2) is 63.4 Å². The second-order valence-electron chi connectivity index (χ2n) is 7.78. The molecule has 0 radical (unpaired) electrons. The first-order chi connectivity index (χ1) is 16.3. The van der Waals surface area contributed by atoms with Crippen LogP contribution < -0.4 is 15.5 Å². The molecule has 0 spiro atoms. The van der Waals surface area contributed by atoms with Crippen molar-refractivity contribution in [2.45, 2.75) is 19.6 Å². The van der Waals surface area contributed by atoms with E-state index in [9.17, 15) is 18.0 Å². The molecule has 1 aliphatic rings. The number of hydrogen-bond donors (Lipinski definition) is 2. The minimum Gasteiger partial charge on any atom is -0.367 e. The first kappa shape index (κ1) is 23.5. The molecule has 2 N–H and O–H groups in total. The van der Waals surface area contributed by atoms with Crippen molar-refractivity contribution in [2.75, 3.05) is 42.9 Å². The Balaban J connectivity index is 1.42. The molecule has 3 aromatic heterocycles. The number of piperazine rings is 1. The molecule has 0 saturated carbocycles. The number of rotatable bonds is 6. The highest BCUT2D eigenvalue weighted by Crippen LogP contribution is 2.36. The van der Waals surface area contributed by atoms with E-state index in [0.717, 1.165) is 5.56 Å². The normalized spacial score (nSPS) is 14.8. The van der Waals surface area contributed by atoms with E-state index in [4.69, 9.17) is 0 Å². The van der Waals surface area contributed by atoms with Crippen molar-refractivity contribution in [3.05, 3.63) is 60.2 Å². The zero-order valence-corrected chi connectivity index (χ0v) is 18.6. The summed E-state index contributed by atoms with van der Waals surface area (Å²) in [6, 6.07) is 7.96. The lowest BCUT2D eigenvalue weighted by Crippen LogP contribution is -2.46. The number of amides is 2.